The van der Waals surface area contributed by atoms with E-state index in [1.807, 2.05) is 0 Å². The number of likely N-dealkylation sites (N-methyl/N-ethyl adjacent to an activating group) is 1. The molecule has 16 heavy (non-hydrogen) atoms. The Morgan fingerprint density at radius 1 is 1.44 bits per heavy atom. The summed E-state index contributed by atoms with van der Waals surface area (Å²) in [6.07, 6.45) is 0. The van der Waals surface area contributed by atoms with E-state index in [1.54, 1.807) is 6.07 Å². The summed E-state index contributed by atoms with van der Waals surface area (Å²) >= 11 is 3.19. The number of phenolic OH excluding ortho intramolecular Hbond substituents is 1. The highest BCUT2D eigenvalue weighted by Crippen LogP contribution is 2.21. The highest BCUT2D eigenvalue weighted by atomic mass is 79.9. The van der Waals surface area contributed by atoms with E-state index in [9.17, 15) is 14.7 Å². The molecule has 0 heterocycles. The van der Waals surface area contributed by atoms with Gasteiger partial charge in [-0.15, -0.1) is 0 Å². The average Bonchev–Trinajstić information content (AvgIpc) is 2.28. The van der Waals surface area contributed by atoms with Crippen molar-refractivity contribution in [2.75, 3.05) is 13.6 Å². The Labute approximate surface area is 101 Å². The summed E-state index contributed by atoms with van der Waals surface area (Å²) in [5.41, 5.74) is 0.123. The Bertz CT molecular complexity index is 421. The molecule has 0 atom stereocenters. The van der Waals surface area contributed by atoms with E-state index in [2.05, 4.69) is 26.6 Å². The molecule has 5 nitrogen and oxygen atoms in total. The van der Waals surface area contributed by atoms with Gasteiger partial charge >= 0.3 is 0 Å². The van der Waals surface area contributed by atoms with Gasteiger partial charge in [0.2, 0.25) is 5.91 Å². The second kappa shape index (κ2) is 5.50. The van der Waals surface area contributed by atoms with Gasteiger partial charge in [-0.05, 0) is 18.2 Å². The molecule has 0 aliphatic rings. The van der Waals surface area contributed by atoms with Crippen LogP contribution in [0.5, 0.6) is 5.75 Å². The number of carbonyl (C=O) groups is 2. The molecule has 3 N–H and O–H groups in total. The van der Waals surface area contributed by atoms with E-state index in [4.69, 9.17) is 0 Å². The van der Waals surface area contributed by atoms with Crippen molar-refractivity contribution in [3.05, 3.63) is 28.2 Å². The molecule has 6 heteroatoms. The molecule has 0 saturated carbocycles. The monoisotopic (exact) mass is 286 g/mol. The smallest absolute Gasteiger partial charge is 0.255 e. The molecule has 0 spiro atoms. The highest BCUT2D eigenvalue weighted by Gasteiger charge is 2.12. The Morgan fingerprint density at radius 2 is 2.12 bits per heavy atom. The van der Waals surface area contributed by atoms with Crippen molar-refractivity contribution in [1.29, 1.82) is 0 Å². The lowest BCUT2D eigenvalue weighted by atomic mass is 10.2. The lowest BCUT2D eigenvalue weighted by Crippen LogP contribution is -2.35. The van der Waals surface area contributed by atoms with Gasteiger partial charge in [-0.1, -0.05) is 15.9 Å². The molecule has 1 aromatic rings. The first kappa shape index (κ1) is 12.5. The number of phenols is 1. The van der Waals surface area contributed by atoms with E-state index < -0.39 is 5.91 Å². The molecule has 2 amide bonds. The lowest BCUT2D eigenvalue weighted by molar-refractivity contribution is -0.119. The highest BCUT2D eigenvalue weighted by molar-refractivity contribution is 9.10. The molecule has 0 aromatic heterocycles. The number of rotatable bonds is 3. The summed E-state index contributed by atoms with van der Waals surface area (Å²) in [5, 5.41) is 14.2. The number of halogens is 1. The standard InChI is InChI=1S/C10H11BrN2O3/c1-12-9(15)5-13-10(16)7-4-6(11)2-3-8(7)14/h2-4,14H,5H2,1H3,(H,12,15)(H,13,16). The molecule has 1 rings (SSSR count). The second-order valence-corrected chi connectivity index (χ2v) is 3.93. The van der Waals surface area contributed by atoms with E-state index in [1.165, 1.54) is 19.2 Å². The number of amides is 2. The molecule has 0 fully saturated rings. The lowest BCUT2D eigenvalue weighted by Gasteiger charge is -2.06. The first-order chi connectivity index (χ1) is 7.54. The second-order valence-electron chi connectivity index (χ2n) is 3.02. The van der Waals surface area contributed by atoms with Gasteiger partial charge in [-0.3, -0.25) is 9.59 Å². The number of hydrogen-bond donors (Lipinski definition) is 3. The number of hydrogen-bond acceptors (Lipinski definition) is 3. The SMILES string of the molecule is CNC(=O)CNC(=O)c1cc(Br)ccc1O. The largest absolute Gasteiger partial charge is 0.507 e. The zero-order chi connectivity index (χ0) is 12.1. The molecular formula is C10H11BrN2O3. The summed E-state index contributed by atoms with van der Waals surface area (Å²) < 4.78 is 0.676. The third-order valence-electron chi connectivity index (χ3n) is 1.89. The summed E-state index contributed by atoms with van der Waals surface area (Å²) in [4.78, 5) is 22.5. The zero-order valence-corrected chi connectivity index (χ0v) is 10.2. The Morgan fingerprint density at radius 3 is 2.75 bits per heavy atom. The molecule has 0 aliphatic heterocycles. The minimum atomic E-state index is -0.498. The van der Waals surface area contributed by atoms with Crippen LogP contribution in [0.3, 0.4) is 0 Å². The predicted molar refractivity (Wildman–Crippen MR) is 62.2 cm³/mol. The molecule has 0 aliphatic carbocycles. The maximum Gasteiger partial charge on any atom is 0.255 e. The van der Waals surface area contributed by atoms with Crippen LogP contribution in [0.15, 0.2) is 22.7 Å². The summed E-state index contributed by atoms with van der Waals surface area (Å²) in [7, 11) is 1.48. The first-order valence-electron chi connectivity index (χ1n) is 4.52. The van der Waals surface area contributed by atoms with Gasteiger partial charge in [0, 0.05) is 11.5 Å². The number of aromatic hydroxyl groups is 1. The van der Waals surface area contributed by atoms with E-state index in [0.29, 0.717) is 4.47 Å². The third kappa shape index (κ3) is 3.23. The van der Waals surface area contributed by atoms with E-state index >= 15 is 0 Å². The summed E-state index contributed by atoms with van der Waals surface area (Å²) in [6.45, 7) is -0.124. The van der Waals surface area contributed by atoms with Crippen LogP contribution in [-0.4, -0.2) is 30.5 Å². The van der Waals surface area contributed by atoms with Gasteiger partial charge < -0.3 is 15.7 Å². The van der Waals surface area contributed by atoms with Crippen molar-refractivity contribution in [3.8, 4) is 5.75 Å². The summed E-state index contributed by atoms with van der Waals surface area (Å²) in [5.74, 6) is -0.928. The van der Waals surface area contributed by atoms with Crippen molar-refractivity contribution in [2.24, 2.45) is 0 Å². The van der Waals surface area contributed by atoms with Crippen molar-refractivity contribution < 1.29 is 14.7 Å². The van der Waals surface area contributed by atoms with Crippen LogP contribution in [0.25, 0.3) is 0 Å². The van der Waals surface area contributed by atoms with Crippen LogP contribution in [0.1, 0.15) is 10.4 Å². The molecule has 0 unspecified atom stereocenters. The van der Waals surface area contributed by atoms with Gasteiger partial charge in [0.25, 0.3) is 5.91 Å². The normalized spacial score (nSPS) is 9.62. The number of benzene rings is 1. The fraction of sp³-hybridized carbons (Fsp3) is 0.200. The predicted octanol–water partition coefficient (Wildman–Crippen LogP) is 0.631. The number of nitrogens with one attached hydrogen (secondary N) is 2. The molecule has 0 bridgehead atoms. The van der Waals surface area contributed by atoms with Gasteiger partial charge in [-0.25, -0.2) is 0 Å². The molecule has 1 aromatic carbocycles. The van der Waals surface area contributed by atoms with Crippen LogP contribution >= 0.6 is 15.9 Å². The van der Waals surface area contributed by atoms with Crippen molar-refractivity contribution >= 4 is 27.7 Å². The van der Waals surface area contributed by atoms with E-state index in [-0.39, 0.29) is 23.8 Å². The topological polar surface area (TPSA) is 78.4 Å². The molecule has 0 radical (unpaired) electrons. The van der Waals surface area contributed by atoms with Crippen LogP contribution < -0.4 is 10.6 Å². The van der Waals surface area contributed by atoms with Crippen molar-refractivity contribution in [3.63, 3.8) is 0 Å². The minimum Gasteiger partial charge on any atom is -0.507 e. The van der Waals surface area contributed by atoms with Crippen LogP contribution in [0, 0.1) is 0 Å². The number of carbonyl (C=O) groups excluding carboxylic acids is 2. The molecular weight excluding hydrogens is 276 g/mol. The fourth-order valence-electron chi connectivity index (χ4n) is 1.03. The Kier molecular flexibility index (Phi) is 4.30. The van der Waals surface area contributed by atoms with Gasteiger partial charge in [-0.2, -0.15) is 0 Å². The van der Waals surface area contributed by atoms with Gasteiger partial charge in [0.1, 0.15) is 5.75 Å². The molecule has 0 saturated heterocycles. The average molecular weight is 287 g/mol. The minimum absolute atomic E-state index is 0.123. The maximum absolute atomic E-state index is 11.6. The summed E-state index contributed by atoms with van der Waals surface area (Å²) in [6, 6.07) is 4.50. The van der Waals surface area contributed by atoms with Crippen LogP contribution in [0.2, 0.25) is 0 Å². The quantitative estimate of drug-likeness (QED) is 0.763. The van der Waals surface area contributed by atoms with E-state index in [0.717, 1.165) is 0 Å². The van der Waals surface area contributed by atoms with Crippen molar-refractivity contribution in [1.82, 2.24) is 10.6 Å². The third-order valence-corrected chi connectivity index (χ3v) is 2.38. The first-order valence-corrected chi connectivity index (χ1v) is 5.31. The Hall–Kier alpha value is -1.56. The van der Waals surface area contributed by atoms with Crippen LogP contribution in [-0.2, 0) is 4.79 Å². The zero-order valence-electron chi connectivity index (χ0n) is 8.58. The van der Waals surface area contributed by atoms with Crippen LogP contribution in [0.4, 0.5) is 0 Å². The van der Waals surface area contributed by atoms with Crippen molar-refractivity contribution in [2.45, 2.75) is 0 Å². The molecule has 86 valence electrons. The maximum atomic E-state index is 11.6. The van der Waals surface area contributed by atoms with Gasteiger partial charge in [0.05, 0.1) is 12.1 Å². The Balaban J connectivity index is 2.73. The van der Waals surface area contributed by atoms with Gasteiger partial charge in [0.15, 0.2) is 0 Å². The fourth-order valence-corrected chi connectivity index (χ4v) is 1.40.